The van der Waals surface area contributed by atoms with Gasteiger partial charge in [-0.15, -0.1) is 23.5 Å². The molecule has 4 atom stereocenters. The second-order valence-electron chi connectivity index (χ2n) is 3.48. The Bertz CT molecular complexity index is 177. The number of hydrogen-bond acceptors (Lipinski definition) is 4. The predicted molar refractivity (Wildman–Crippen MR) is 58.2 cm³/mol. The van der Waals surface area contributed by atoms with Crippen LogP contribution in [0.3, 0.4) is 0 Å². The summed E-state index contributed by atoms with van der Waals surface area (Å²) >= 11 is 3.83. The molecule has 0 aromatic carbocycles. The molecule has 2 fully saturated rings. The second kappa shape index (κ2) is 4.43. The van der Waals surface area contributed by atoms with Crippen molar-refractivity contribution in [3.63, 3.8) is 0 Å². The predicted octanol–water partition coefficient (Wildman–Crippen LogP) is 2.33. The molecule has 0 saturated carbocycles. The second-order valence-corrected chi connectivity index (χ2v) is 6.42. The molecule has 0 aromatic rings. The fourth-order valence-corrected chi connectivity index (χ4v) is 3.83. The minimum absolute atomic E-state index is 0.360. The number of rotatable bonds is 1. The minimum atomic E-state index is 0.360. The highest BCUT2D eigenvalue weighted by molar-refractivity contribution is 8.00. The molecule has 2 saturated heterocycles. The molecule has 76 valence electrons. The lowest BCUT2D eigenvalue weighted by molar-refractivity contribution is 0.0194. The van der Waals surface area contributed by atoms with E-state index in [2.05, 4.69) is 13.8 Å². The topological polar surface area (TPSA) is 18.5 Å². The molecule has 2 heterocycles. The molecule has 0 aliphatic carbocycles. The van der Waals surface area contributed by atoms with E-state index in [1.807, 2.05) is 23.5 Å². The first-order valence-electron chi connectivity index (χ1n) is 4.80. The highest BCUT2D eigenvalue weighted by Crippen LogP contribution is 2.35. The van der Waals surface area contributed by atoms with E-state index in [1.165, 1.54) is 12.2 Å². The van der Waals surface area contributed by atoms with E-state index in [0.29, 0.717) is 22.2 Å². The van der Waals surface area contributed by atoms with Crippen LogP contribution in [0.5, 0.6) is 0 Å². The van der Waals surface area contributed by atoms with Crippen molar-refractivity contribution >= 4 is 23.5 Å². The molecule has 0 radical (unpaired) electrons. The molecule has 0 amide bonds. The molecule has 2 rings (SSSR count). The van der Waals surface area contributed by atoms with E-state index in [4.69, 9.17) is 9.47 Å². The summed E-state index contributed by atoms with van der Waals surface area (Å²) in [5.41, 5.74) is 0.730. The number of hydrogen-bond donors (Lipinski definition) is 0. The van der Waals surface area contributed by atoms with Crippen molar-refractivity contribution in [2.45, 2.75) is 42.5 Å². The molecule has 13 heavy (non-hydrogen) atoms. The molecular weight excluding hydrogens is 204 g/mol. The summed E-state index contributed by atoms with van der Waals surface area (Å²) in [5.74, 6) is 1.23. The van der Waals surface area contributed by atoms with Crippen molar-refractivity contribution in [1.29, 1.82) is 0 Å². The number of ether oxygens (including phenoxy) is 2. The summed E-state index contributed by atoms with van der Waals surface area (Å²) in [5, 5.41) is 0.568. The zero-order valence-electron chi connectivity index (χ0n) is 8.06. The maximum Gasteiger partial charge on any atom is 0.100 e. The molecule has 0 N–H and O–H groups in total. The van der Waals surface area contributed by atoms with Gasteiger partial charge in [0.1, 0.15) is 10.9 Å². The average molecular weight is 220 g/mol. The molecule has 0 aromatic heterocycles. The Kier molecular flexibility index (Phi) is 3.46. The molecule has 2 nitrogen and oxygen atoms in total. The van der Waals surface area contributed by atoms with Crippen LogP contribution in [0.15, 0.2) is 0 Å². The molecule has 4 unspecified atom stereocenters. The fourth-order valence-electron chi connectivity index (χ4n) is 1.73. The highest BCUT2D eigenvalue weighted by atomic mass is 32.2. The zero-order valence-corrected chi connectivity index (χ0v) is 9.70. The van der Waals surface area contributed by atoms with Crippen molar-refractivity contribution < 1.29 is 9.47 Å². The van der Waals surface area contributed by atoms with E-state index >= 15 is 0 Å². The van der Waals surface area contributed by atoms with E-state index in [0.717, 1.165) is 6.61 Å². The van der Waals surface area contributed by atoms with Crippen LogP contribution in [0, 0.1) is 0 Å². The van der Waals surface area contributed by atoms with Crippen LogP contribution in [0.25, 0.3) is 0 Å². The lowest BCUT2D eigenvalue weighted by Gasteiger charge is -2.30. The Morgan fingerprint density at radius 3 is 2.69 bits per heavy atom. The molecule has 2 aliphatic rings. The van der Waals surface area contributed by atoms with Crippen molar-refractivity contribution in [2.75, 3.05) is 12.4 Å². The van der Waals surface area contributed by atoms with Gasteiger partial charge in [0, 0.05) is 0 Å². The third-order valence-electron chi connectivity index (χ3n) is 2.40. The smallest absolute Gasteiger partial charge is 0.100 e. The maximum absolute atomic E-state index is 5.88. The van der Waals surface area contributed by atoms with Crippen molar-refractivity contribution in [1.82, 2.24) is 0 Å². The van der Waals surface area contributed by atoms with E-state index in [1.54, 1.807) is 0 Å². The zero-order chi connectivity index (χ0) is 9.26. The van der Waals surface area contributed by atoms with Gasteiger partial charge in [-0.2, -0.15) is 0 Å². The lowest BCUT2D eigenvalue weighted by atomic mass is 10.2. The van der Waals surface area contributed by atoms with Crippen LogP contribution >= 0.6 is 23.5 Å². The van der Waals surface area contributed by atoms with Crippen LogP contribution < -0.4 is 0 Å². The van der Waals surface area contributed by atoms with Crippen LogP contribution in [0.2, 0.25) is 0 Å². The third kappa shape index (κ3) is 2.55. The molecule has 0 spiro atoms. The SMILES string of the molecule is CC1OC(C2COC(C)S2)CCS1. The van der Waals surface area contributed by atoms with E-state index < -0.39 is 0 Å². The first-order chi connectivity index (χ1) is 6.25. The highest BCUT2D eigenvalue weighted by Gasteiger charge is 2.33. The van der Waals surface area contributed by atoms with Crippen molar-refractivity contribution in [3.8, 4) is 0 Å². The van der Waals surface area contributed by atoms with Crippen LogP contribution in [-0.4, -0.2) is 34.6 Å². The minimum Gasteiger partial charge on any atom is -0.367 e. The first-order valence-corrected chi connectivity index (χ1v) is 6.79. The average Bonchev–Trinajstić information content (AvgIpc) is 2.52. The van der Waals surface area contributed by atoms with E-state index in [9.17, 15) is 0 Å². The number of thioether (sulfide) groups is 2. The quantitative estimate of drug-likeness (QED) is 0.675. The Morgan fingerprint density at radius 1 is 1.23 bits per heavy atom. The lowest BCUT2D eigenvalue weighted by Crippen LogP contribution is -2.33. The summed E-state index contributed by atoms with van der Waals surface area (Å²) in [6.07, 6.45) is 1.61. The van der Waals surface area contributed by atoms with Gasteiger partial charge in [0.15, 0.2) is 0 Å². The van der Waals surface area contributed by atoms with E-state index in [-0.39, 0.29) is 0 Å². The maximum atomic E-state index is 5.88. The van der Waals surface area contributed by atoms with Gasteiger partial charge in [-0.05, 0) is 26.0 Å². The molecule has 4 heteroatoms. The van der Waals surface area contributed by atoms with Gasteiger partial charge in [0.25, 0.3) is 0 Å². The van der Waals surface area contributed by atoms with Gasteiger partial charge in [-0.1, -0.05) is 0 Å². The fraction of sp³-hybridized carbons (Fsp3) is 1.00. The summed E-state index contributed by atoms with van der Waals surface area (Å²) in [6, 6.07) is 0. The van der Waals surface area contributed by atoms with Gasteiger partial charge in [0.05, 0.1) is 18.0 Å². The van der Waals surface area contributed by atoms with Gasteiger partial charge in [-0.3, -0.25) is 0 Å². The Labute approximate surface area is 88.1 Å². The van der Waals surface area contributed by atoms with Crippen LogP contribution in [0.4, 0.5) is 0 Å². The van der Waals surface area contributed by atoms with Gasteiger partial charge < -0.3 is 9.47 Å². The van der Waals surface area contributed by atoms with Gasteiger partial charge in [-0.25, -0.2) is 0 Å². The van der Waals surface area contributed by atoms with Gasteiger partial charge in [0.2, 0.25) is 0 Å². The first kappa shape index (κ1) is 10.1. The summed E-state index contributed by atoms with van der Waals surface area (Å²) < 4.78 is 11.4. The van der Waals surface area contributed by atoms with Crippen molar-refractivity contribution in [3.05, 3.63) is 0 Å². The Balaban J connectivity index is 1.85. The molecular formula is C9H16O2S2. The van der Waals surface area contributed by atoms with Gasteiger partial charge >= 0.3 is 0 Å². The van der Waals surface area contributed by atoms with Crippen LogP contribution in [-0.2, 0) is 9.47 Å². The third-order valence-corrected chi connectivity index (χ3v) is 4.76. The molecule has 0 bridgehead atoms. The summed E-state index contributed by atoms with van der Waals surface area (Å²) in [6.45, 7) is 5.13. The normalized spacial score (nSPS) is 46.6. The Morgan fingerprint density at radius 2 is 2.08 bits per heavy atom. The molecule has 2 aliphatic heterocycles. The Hall–Kier alpha value is 0.620. The standard InChI is InChI=1S/C9H16O2S2/c1-6-10-5-9(13-6)8-3-4-12-7(2)11-8/h6-9H,3-5H2,1-2H3. The largest absolute Gasteiger partial charge is 0.367 e. The monoisotopic (exact) mass is 220 g/mol. The summed E-state index contributed by atoms with van der Waals surface area (Å²) in [7, 11) is 0. The van der Waals surface area contributed by atoms with Crippen molar-refractivity contribution in [2.24, 2.45) is 0 Å². The van der Waals surface area contributed by atoms with Crippen LogP contribution in [0.1, 0.15) is 20.3 Å². The summed E-state index contributed by atoms with van der Waals surface area (Å²) in [4.78, 5) is 0.